The van der Waals surface area contributed by atoms with Crippen molar-refractivity contribution >= 4 is 27.3 Å². The van der Waals surface area contributed by atoms with Gasteiger partial charge in [0.1, 0.15) is 5.37 Å². The maximum atomic E-state index is 11.9. The van der Waals surface area contributed by atoms with Crippen molar-refractivity contribution in [3.63, 3.8) is 0 Å². The molecule has 1 atom stereocenters. The van der Waals surface area contributed by atoms with Crippen LogP contribution in [0.15, 0.2) is 24.3 Å². The average Bonchev–Trinajstić information content (AvgIpc) is 2.39. The third-order valence-corrected chi connectivity index (χ3v) is 5.92. The van der Waals surface area contributed by atoms with Crippen molar-refractivity contribution in [1.82, 2.24) is 0 Å². The number of nitrogens with two attached hydrogens (primary N) is 1. The van der Waals surface area contributed by atoms with Crippen molar-refractivity contribution in [3.8, 4) is 0 Å². The lowest BCUT2D eigenvalue weighted by molar-refractivity contribution is 0.584. The normalized spacial score (nSPS) is 20.5. The Morgan fingerprint density at radius 1 is 1.37 bits per heavy atom. The second kappa shape index (κ2) is 6.15. The van der Waals surface area contributed by atoms with Crippen molar-refractivity contribution in [2.45, 2.75) is 11.8 Å². The highest BCUT2D eigenvalue weighted by Gasteiger charge is 2.30. The van der Waals surface area contributed by atoms with Gasteiger partial charge in [-0.15, -0.1) is 0 Å². The fourth-order valence-corrected chi connectivity index (χ4v) is 5.09. The summed E-state index contributed by atoms with van der Waals surface area (Å²) in [7, 11) is -3.06. The van der Waals surface area contributed by atoms with E-state index in [9.17, 15) is 8.42 Å². The fraction of sp³-hybridized carbons (Fsp3) is 0.538. The lowest BCUT2D eigenvalue weighted by atomic mass is 10.1. The fourth-order valence-electron chi connectivity index (χ4n) is 2.25. The van der Waals surface area contributed by atoms with E-state index in [2.05, 4.69) is 0 Å². The average molecular weight is 300 g/mol. The molecule has 4 nitrogen and oxygen atoms in total. The molecule has 1 saturated heterocycles. The number of anilines is 1. The van der Waals surface area contributed by atoms with Crippen LogP contribution in [0.25, 0.3) is 0 Å². The van der Waals surface area contributed by atoms with Crippen LogP contribution in [0.2, 0.25) is 0 Å². The van der Waals surface area contributed by atoms with Crippen molar-refractivity contribution in [2.24, 2.45) is 5.73 Å². The van der Waals surface area contributed by atoms with E-state index in [-0.39, 0.29) is 0 Å². The Morgan fingerprint density at radius 3 is 2.63 bits per heavy atom. The van der Waals surface area contributed by atoms with Crippen molar-refractivity contribution in [1.29, 1.82) is 0 Å². The quantitative estimate of drug-likeness (QED) is 0.902. The van der Waals surface area contributed by atoms with Crippen molar-refractivity contribution in [3.05, 3.63) is 29.8 Å². The van der Waals surface area contributed by atoms with Crippen LogP contribution in [0.1, 0.15) is 5.56 Å². The third kappa shape index (κ3) is 3.64. The summed E-state index contributed by atoms with van der Waals surface area (Å²) in [5, 5.41) is -0.411. The molecule has 1 unspecified atom stereocenters. The van der Waals surface area contributed by atoms with Crippen LogP contribution in [0.3, 0.4) is 0 Å². The molecule has 1 heterocycles. The Morgan fingerprint density at radius 2 is 2.05 bits per heavy atom. The SMILES string of the molecule is CS(=O)(=O)C1CSCCN1c1ccc(CCN)cc1. The standard InChI is InChI=1S/C13H20N2O2S2/c1-19(16,17)13-10-18-9-8-15(13)12-4-2-11(3-5-12)6-7-14/h2-5,13H,6-10,14H2,1H3. The molecule has 1 fully saturated rings. The van der Waals surface area contributed by atoms with Crippen LogP contribution in [-0.4, -0.2) is 44.6 Å². The molecule has 0 radical (unpaired) electrons. The van der Waals surface area contributed by atoms with E-state index in [1.807, 2.05) is 29.2 Å². The molecule has 2 N–H and O–H groups in total. The number of sulfone groups is 1. The van der Waals surface area contributed by atoms with E-state index in [0.717, 1.165) is 24.4 Å². The molecule has 0 aromatic heterocycles. The summed E-state index contributed by atoms with van der Waals surface area (Å²) in [5.41, 5.74) is 7.70. The van der Waals surface area contributed by atoms with Gasteiger partial charge in [-0.2, -0.15) is 11.8 Å². The number of thioether (sulfide) groups is 1. The highest BCUT2D eigenvalue weighted by Crippen LogP contribution is 2.26. The molecule has 19 heavy (non-hydrogen) atoms. The van der Waals surface area contributed by atoms with Crippen LogP contribution in [0.5, 0.6) is 0 Å². The number of rotatable bonds is 4. The Bertz CT molecular complexity index is 514. The number of hydrogen-bond donors (Lipinski definition) is 1. The minimum Gasteiger partial charge on any atom is -0.353 e. The van der Waals surface area contributed by atoms with Gasteiger partial charge in [0.05, 0.1) is 0 Å². The highest BCUT2D eigenvalue weighted by molar-refractivity contribution is 8.01. The molecule has 1 aromatic carbocycles. The number of hydrogen-bond acceptors (Lipinski definition) is 5. The van der Waals surface area contributed by atoms with Gasteiger partial charge in [0.15, 0.2) is 9.84 Å². The Labute approximate surface area is 119 Å². The highest BCUT2D eigenvalue weighted by atomic mass is 32.2. The molecule has 0 spiro atoms. The lowest BCUT2D eigenvalue weighted by Gasteiger charge is -2.36. The molecule has 1 aromatic rings. The minimum atomic E-state index is -3.06. The minimum absolute atomic E-state index is 0.411. The van der Waals surface area contributed by atoms with Gasteiger partial charge in [0.25, 0.3) is 0 Å². The Balaban J connectivity index is 2.22. The second-order valence-electron chi connectivity index (χ2n) is 4.76. The zero-order chi connectivity index (χ0) is 13.9. The molecule has 2 rings (SSSR count). The predicted octanol–water partition coefficient (Wildman–Crippen LogP) is 1.11. The second-order valence-corrected chi connectivity index (χ2v) is 8.11. The van der Waals surface area contributed by atoms with Crippen LogP contribution < -0.4 is 10.6 Å². The summed E-state index contributed by atoms with van der Waals surface area (Å²) in [5.74, 6) is 1.61. The molecule has 1 aliphatic rings. The molecular formula is C13H20N2O2S2. The van der Waals surface area contributed by atoms with E-state index in [1.54, 1.807) is 11.8 Å². The summed E-state index contributed by atoms with van der Waals surface area (Å²) < 4.78 is 23.7. The first-order chi connectivity index (χ1) is 9.02. The van der Waals surface area contributed by atoms with Gasteiger partial charge < -0.3 is 10.6 Å². The van der Waals surface area contributed by atoms with Crippen LogP contribution >= 0.6 is 11.8 Å². The summed E-state index contributed by atoms with van der Waals surface area (Å²) in [4.78, 5) is 2.00. The van der Waals surface area contributed by atoms with E-state index in [0.29, 0.717) is 12.3 Å². The van der Waals surface area contributed by atoms with Crippen molar-refractivity contribution in [2.75, 3.05) is 35.8 Å². The van der Waals surface area contributed by atoms with E-state index in [1.165, 1.54) is 11.8 Å². The molecule has 0 bridgehead atoms. The Hall–Kier alpha value is -0.720. The van der Waals surface area contributed by atoms with E-state index >= 15 is 0 Å². The van der Waals surface area contributed by atoms with Crippen LogP contribution in [0.4, 0.5) is 5.69 Å². The largest absolute Gasteiger partial charge is 0.353 e. The van der Waals surface area contributed by atoms with Gasteiger partial charge in [-0.3, -0.25) is 0 Å². The number of nitrogens with zero attached hydrogens (tertiary/aromatic N) is 1. The first-order valence-corrected chi connectivity index (χ1v) is 9.45. The van der Waals surface area contributed by atoms with E-state index < -0.39 is 15.2 Å². The van der Waals surface area contributed by atoms with Gasteiger partial charge in [0, 0.05) is 30.0 Å². The first kappa shape index (κ1) is 14.7. The maximum absolute atomic E-state index is 11.9. The van der Waals surface area contributed by atoms with Gasteiger partial charge in [-0.1, -0.05) is 12.1 Å². The van der Waals surface area contributed by atoms with Gasteiger partial charge in [-0.05, 0) is 30.7 Å². The predicted molar refractivity (Wildman–Crippen MR) is 82.5 cm³/mol. The van der Waals surface area contributed by atoms with Crippen LogP contribution in [0, 0.1) is 0 Å². The summed E-state index contributed by atoms with van der Waals surface area (Å²) in [6.07, 6.45) is 2.17. The maximum Gasteiger partial charge on any atom is 0.169 e. The monoisotopic (exact) mass is 300 g/mol. The van der Waals surface area contributed by atoms with Crippen molar-refractivity contribution < 1.29 is 8.42 Å². The summed E-state index contributed by atoms with van der Waals surface area (Å²) in [6.45, 7) is 1.41. The molecule has 0 saturated carbocycles. The molecule has 106 valence electrons. The molecular weight excluding hydrogens is 280 g/mol. The van der Waals surface area contributed by atoms with Gasteiger partial charge >= 0.3 is 0 Å². The van der Waals surface area contributed by atoms with Gasteiger partial charge in [-0.25, -0.2) is 8.42 Å². The summed E-state index contributed by atoms with van der Waals surface area (Å²) >= 11 is 1.70. The topological polar surface area (TPSA) is 63.4 Å². The smallest absolute Gasteiger partial charge is 0.169 e. The molecule has 0 aliphatic carbocycles. The molecule has 6 heteroatoms. The number of benzene rings is 1. The first-order valence-electron chi connectivity index (χ1n) is 6.34. The third-order valence-electron chi connectivity index (χ3n) is 3.28. The zero-order valence-electron chi connectivity index (χ0n) is 11.1. The Kier molecular flexibility index (Phi) is 4.76. The molecule has 1 aliphatic heterocycles. The van der Waals surface area contributed by atoms with E-state index in [4.69, 9.17) is 5.73 Å². The molecule has 0 amide bonds. The van der Waals surface area contributed by atoms with Gasteiger partial charge in [0.2, 0.25) is 0 Å². The lowest BCUT2D eigenvalue weighted by Crippen LogP contribution is -2.47. The zero-order valence-corrected chi connectivity index (χ0v) is 12.7. The summed E-state index contributed by atoms with van der Waals surface area (Å²) in [6, 6.07) is 8.06. The van der Waals surface area contributed by atoms with Crippen LogP contribution in [-0.2, 0) is 16.3 Å².